The quantitative estimate of drug-likeness (QED) is 0.402. The lowest BCUT2D eigenvalue weighted by atomic mass is 9.86. The zero-order chi connectivity index (χ0) is 29.1. The van der Waals surface area contributed by atoms with E-state index in [0.717, 1.165) is 52.8 Å². The number of alkyl carbamates (subject to hydrolysis) is 1. The third-order valence-electron chi connectivity index (χ3n) is 7.52. The molecular weight excluding hydrogens is 490 g/mol. The first-order chi connectivity index (χ1) is 18.2. The monoisotopic (exact) mass is 535 g/mol. The molecule has 1 aliphatic carbocycles. The third-order valence-corrected chi connectivity index (χ3v) is 7.52. The van der Waals surface area contributed by atoms with E-state index in [1.807, 2.05) is 77.9 Å². The largest absolute Gasteiger partial charge is 0.444 e. The number of para-hydroxylation sites is 1. The summed E-state index contributed by atoms with van der Waals surface area (Å²) < 4.78 is 5.48. The Morgan fingerprint density at radius 2 is 1.49 bits per heavy atom. The number of carbonyl (C=O) groups excluding carboxylic acids is 3. The van der Waals surface area contributed by atoms with Crippen LogP contribution in [0.4, 0.5) is 10.5 Å². The summed E-state index contributed by atoms with van der Waals surface area (Å²) in [5, 5.41) is 5.97. The number of hydrogen-bond donors (Lipinski definition) is 2. The van der Waals surface area contributed by atoms with Crippen molar-refractivity contribution in [3.05, 3.63) is 64.2 Å². The van der Waals surface area contributed by atoms with Crippen molar-refractivity contribution in [2.75, 3.05) is 5.32 Å². The van der Waals surface area contributed by atoms with Gasteiger partial charge in [0.05, 0.1) is 0 Å². The van der Waals surface area contributed by atoms with Gasteiger partial charge in [0.2, 0.25) is 5.91 Å². The van der Waals surface area contributed by atoms with Crippen LogP contribution in [-0.4, -0.2) is 40.5 Å². The van der Waals surface area contributed by atoms with Crippen LogP contribution in [0, 0.1) is 33.6 Å². The minimum absolute atomic E-state index is 0.104. The molecule has 1 saturated carbocycles. The number of ether oxygens (including phenoxy) is 1. The van der Waals surface area contributed by atoms with Gasteiger partial charge in [-0.25, -0.2) is 4.79 Å². The first kappa shape index (κ1) is 30.2. The predicted molar refractivity (Wildman–Crippen MR) is 156 cm³/mol. The molecule has 3 amide bonds. The number of carbonyl (C=O) groups is 3. The third kappa shape index (κ3) is 7.20. The fourth-order valence-electron chi connectivity index (χ4n) is 4.98. The molecule has 39 heavy (non-hydrogen) atoms. The number of amides is 3. The van der Waals surface area contributed by atoms with Crippen molar-refractivity contribution in [2.45, 2.75) is 105 Å². The minimum atomic E-state index is -0.858. The van der Waals surface area contributed by atoms with Gasteiger partial charge >= 0.3 is 6.09 Å². The Morgan fingerprint density at radius 3 is 2.00 bits per heavy atom. The SMILES string of the molecule is Cc1cccc(C(C(=O)Nc2c(C)cccc2C)N(C(=O)C(NC(=O)OC(C)(C)C)C(C)C)C2CCC2)c1C. The molecule has 2 N–H and O–H groups in total. The highest BCUT2D eigenvalue weighted by Gasteiger charge is 2.43. The van der Waals surface area contributed by atoms with Crippen LogP contribution < -0.4 is 10.6 Å². The number of nitrogens with one attached hydrogen (secondary N) is 2. The van der Waals surface area contributed by atoms with Gasteiger partial charge in [0.1, 0.15) is 17.7 Å². The van der Waals surface area contributed by atoms with Crippen LogP contribution in [0.25, 0.3) is 0 Å². The number of aryl methyl sites for hydroxylation is 3. The number of hydrogen-bond acceptors (Lipinski definition) is 4. The van der Waals surface area contributed by atoms with Gasteiger partial charge in [-0.15, -0.1) is 0 Å². The Kier molecular flexibility index (Phi) is 9.47. The molecular formula is C32H45N3O4. The summed E-state index contributed by atoms with van der Waals surface area (Å²) in [5.74, 6) is -0.752. The lowest BCUT2D eigenvalue weighted by Crippen LogP contribution is -2.58. The first-order valence-electron chi connectivity index (χ1n) is 14.0. The second-order valence-corrected chi connectivity index (χ2v) is 12.1. The highest BCUT2D eigenvalue weighted by molar-refractivity contribution is 6.00. The van der Waals surface area contributed by atoms with Gasteiger partial charge in [-0.1, -0.05) is 50.2 Å². The van der Waals surface area contributed by atoms with Crippen molar-refractivity contribution in [3.8, 4) is 0 Å². The summed E-state index contributed by atoms with van der Waals surface area (Å²) in [6, 6.07) is 9.95. The molecule has 212 valence electrons. The van der Waals surface area contributed by atoms with E-state index in [0.29, 0.717) is 0 Å². The molecule has 2 atom stereocenters. The molecule has 1 fully saturated rings. The summed E-state index contributed by atoms with van der Waals surface area (Å²) in [6.45, 7) is 17.1. The zero-order valence-corrected chi connectivity index (χ0v) is 25.0. The first-order valence-corrected chi connectivity index (χ1v) is 14.0. The molecule has 0 saturated heterocycles. The Bertz CT molecular complexity index is 1190. The van der Waals surface area contributed by atoms with E-state index in [1.165, 1.54) is 0 Å². The Labute approximate surface area is 233 Å². The van der Waals surface area contributed by atoms with Crippen molar-refractivity contribution >= 4 is 23.6 Å². The Balaban J connectivity index is 2.09. The Morgan fingerprint density at radius 1 is 0.923 bits per heavy atom. The van der Waals surface area contributed by atoms with Crippen LogP contribution in [0.3, 0.4) is 0 Å². The lowest BCUT2D eigenvalue weighted by Gasteiger charge is -2.44. The molecule has 2 aromatic carbocycles. The van der Waals surface area contributed by atoms with Crippen LogP contribution in [0.1, 0.15) is 87.7 Å². The molecule has 7 nitrogen and oxygen atoms in total. The second-order valence-electron chi connectivity index (χ2n) is 12.1. The normalized spacial score (nSPS) is 15.2. The molecule has 0 radical (unpaired) electrons. The smallest absolute Gasteiger partial charge is 0.408 e. The van der Waals surface area contributed by atoms with Crippen LogP contribution in [0.15, 0.2) is 36.4 Å². The fourth-order valence-corrected chi connectivity index (χ4v) is 4.98. The van der Waals surface area contributed by atoms with E-state index in [9.17, 15) is 14.4 Å². The number of nitrogens with zero attached hydrogens (tertiary/aromatic N) is 1. The van der Waals surface area contributed by atoms with Crippen molar-refractivity contribution in [1.82, 2.24) is 10.2 Å². The maximum atomic E-state index is 14.4. The average molecular weight is 536 g/mol. The van der Waals surface area contributed by atoms with Crippen LogP contribution in [0.5, 0.6) is 0 Å². The standard InChI is InChI=1S/C32H45N3O4/c1-19(2)26(34-31(38)39-32(7,8)9)30(37)35(24-16-12-17-24)28(25-18-11-13-20(3)23(25)6)29(36)33-27-21(4)14-10-15-22(27)5/h10-11,13-15,18-19,24,26,28H,12,16-17H2,1-9H3,(H,33,36)(H,34,38). The number of rotatable bonds is 8. The molecule has 2 aromatic rings. The summed E-state index contributed by atoms with van der Waals surface area (Å²) >= 11 is 0. The topological polar surface area (TPSA) is 87.7 Å². The van der Waals surface area contributed by atoms with Gasteiger partial charge in [-0.2, -0.15) is 0 Å². The van der Waals surface area contributed by atoms with Gasteiger partial charge in [0, 0.05) is 11.7 Å². The summed E-state index contributed by atoms with van der Waals surface area (Å²) in [7, 11) is 0. The minimum Gasteiger partial charge on any atom is -0.444 e. The van der Waals surface area contributed by atoms with E-state index in [1.54, 1.807) is 25.7 Å². The molecule has 0 aliphatic heterocycles. The van der Waals surface area contributed by atoms with Crippen molar-refractivity contribution in [3.63, 3.8) is 0 Å². The van der Waals surface area contributed by atoms with E-state index in [-0.39, 0.29) is 23.8 Å². The van der Waals surface area contributed by atoms with Gasteiger partial charge in [-0.05, 0) is 101 Å². The highest BCUT2D eigenvalue weighted by atomic mass is 16.6. The number of anilines is 1. The Hall–Kier alpha value is -3.35. The maximum Gasteiger partial charge on any atom is 0.408 e. The van der Waals surface area contributed by atoms with E-state index in [4.69, 9.17) is 4.74 Å². The van der Waals surface area contributed by atoms with Gasteiger partial charge in [0.15, 0.2) is 0 Å². The maximum absolute atomic E-state index is 14.4. The highest BCUT2D eigenvalue weighted by Crippen LogP contribution is 2.37. The molecule has 1 aliphatic rings. The van der Waals surface area contributed by atoms with E-state index >= 15 is 0 Å². The molecule has 0 bridgehead atoms. The predicted octanol–water partition coefficient (Wildman–Crippen LogP) is 6.53. The lowest BCUT2D eigenvalue weighted by molar-refractivity contribution is -0.146. The summed E-state index contributed by atoms with van der Waals surface area (Å²) in [5.41, 5.74) is 4.77. The second kappa shape index (κ2) is 12.2. The van der Waals surface area contributed by atoms with Gasteiger partial charge < -0.3 is 20.3 Å². The molecule has 0 spiro atoms. The molecule has 2 unspecified atom stereocenters. The van der Waals surface area contributed by atoms with Gasteiger partial charge in [0.25, 0.3) is 5.91 Å². The van der Waals surface area contributed by atoms with Gasteiger partial charge in [-0.3, -0.25) is 9.59 Å². The molecule has 3 rings (SSSR count). The van der Waals surface area contributed by atoms with Crippen LogP contribution in [0.2, 0.25) is 0 Å². The summed E-state index contributed by atoms with van der Waals surface area (Å²) in [6.07, 6.45) is 1.95. The van der Waals surface area contributed by atoms with Crippen LogP contribution >= 0.6 is 0 Å². The average Bonchev–Trinajstić information content (AvgIpc) is 2.79. The van der Waals surface area contributed by atoms with E-state index < -0.39 is 23.8 Å². The van der Waals surface area contributed by atoms with Crippen molar-refractivity contribution < 1.29 is 19.1 Å². The van der Waals surface area contributed by atoms with Crippen LogP contribution in [-0.2, 0) is 14.3 Å². The number of benzene rings is 2. The molecule has 0 aromatic heterocycles. The van der Waals surface area contributed by atoms with E-state index in [2.05, 4.69) is 10.6 Å². The summed E-state index contributed by atoms with van der Waals surface area (Å²) in [4.78, 5) is 43.1. The van der Waals surface area contributed by atoms with Crippen molar-refractivity contribution in [2.24, 2.45) is 5.92 Å². The van der Waals surface area contributed by atoms with Crippen molar-refractivity contribution in [1.29, 1.82) is 0 Å². The molecule has 0 heterocycles. The molecule has 7 heteroatoms. The fraction of sp³-hybridized carbons (Fsp3) is 0.531. The zero-order valence-electron chi connectivity index (χ0n) is 25.0.